The summed E-state index contributed by atoms with van der Waals surface area (Å²) in [5, 5.41) is 0.745. The average molecular weight is 327 g/mol. The van der Waals surface area contributed by atoms with Gasteiger partial charge >= 0.3 is 5.97 Å². The summed E-state index contributed by atoms with van der Waals surface area (Å²) in [6.07, 6.45) is 0.746. The Morgan fingerprint density at radius 2 is 1.91 bits per heavy atom. The van der Waals surface area contributed by atoms with Crippen LogP contribution >= 0.6 is 11.3 Å². The molecule has 0 saturated heterocycles. The number of hydrogen-bond donors (Lipinski definition) is 0. The molecule has 1 aromatic heterocycles. The van der Waals surface area contributed by atoms with Crippen molar-refractivity contribution >= 4 is 33.8 Å². The zero-order valence-corrected chi connectivity index (χ0v) is 12.9. The van der Waals surface area contributed by atoms with Crippen LogP contribution in [0.4, 0.5) is 0 Å². The van der Waals surface area contributed by atoms with E-state index in [0.29, 0.717) is 11.3 Å². The number of benzene rings is 2. The van der Waals surface area contributed by atoms with Crippen molar-refractivity contribution in [1.82, 2.24) is 4.98 Å². The zero-order chi connectivity index (χ0) is 16.1. The number of carbonyl (C=O) groups is 2. The molecule has 116 valence electrons. The summed E-state index contributed by atoms with van der Waals surface area (Å²) in [6.45, 7) is -0.0586. The lowest BCUT2D eigenvalue weighted by atomic mass is 10.2. The topological polar surface area (TPSA) is 65.5 Å². The third-order valence-electron chi connectivity index (χ3n) is 3.07. The number of fused-ring (bicyclic) bond motifs is 1. The van der Waals surface area contributed by atoms with Crippen molar-refractivity contribution in [3.8, 4) is 5.75 Å². The fourth-order valence-electron chi connectivity index (χ4n) is 1.95. The first-order valence-electron chi connectivity index (χ1n) is 6.93. The van der Waals surface area contributed by atoms with E-state index in [1.807, 2.05) is 24.3 Å². The number of nitrogens with zero attached hydrogens (tertiary/aromatic N) is 1. The minimum absolute atomic E-state index is 0.131. The standard InChI is InChI=1S/C17H13NO4S/c19-9-12-5-7-13(8-6-12)21-11-17(20)22-10-16-18-14-3-1-2-4-15(14)23-16/h1-9H,10-11H2. The first kappa shape index (κ1) is 15.2. The van der Waals surface area contributed by atoms with Crippen molar-refractivity contribution in [1.29, 1.82) is 0 Å². The summed E-state index contributed by atoms with van der Waals surface area (Å²) >= 11 is 1.50. The maximum atomic E-state index is 11.7. The highest BCUT2D eigenvalue weighted by Gasteiger charge is 2.08. The predicted octanol–water partition coefficient (Wildman–Crippen LogP) is 3.23. The van der Waals surface area contributed by atoms with Gasteiger partial charge in [-0.25, -0.2) is 9.78 Å². The van der Waals surface area contributed by atoms with Crippen molar-refractivity contribution in [2.75, 3.05) is 6.61 Å². The second kappa shape index (κ2) is 7.02. The van der Waals surface area contributed by atoms with Gasteiger partial charge in [0.25, 0.3) is 0 Å². The van der Waals surface area contributed by atoms with E-state index in [9.17, 15) is 9.59 Å². The van der Waals surface area contributed by atoms with Gasteiger partial charge in [0.2, 0.25) is 0 Å². The highest BCUT2D eigenvalue weighted by Crippen LogP contribution is 2.22. The number of aldehydes is 1. The van der Waals surface area contributed by atoms with Gasteiger partial charge in [-0.3, -0.25) is 4.79 Å². The second-order valence-electron chi connectivity index (χ2n) is 4.71. The Kier molecular flexibility index (Phi) is 4.63. The predicted molar refractivity (Wildman–Crippen MR) is 86.7 cm³/mol. The Labute approximate surface area is 136 Å². The Morgan fingerprint density at radius 1 is 1.13 bits per heavy atom. The maximum absolute atomic E-state index is 11.7. The number of rotatable bonds is 6. The molecular weight excluding hydrogens is 314 g/mol. The fraction of sp³-hybridized carbons (Fsp3) is 0.118. The molecule has 0 aliphatic rings. The van der Waals surface area contributed by atoms with E-state index >= 15 is 0 Å². The lowest BCUT2D eigenvalue weighted by molar-refractivity contribution is -0.147. The first-order valence-corrected chi connectivity index (χ1v) is 7.74. The van der Waals surface area contributed by atoms with Crippen molar-refractivity contribution in [3.05, 3.63) is 59.1 Å². The van der Waals surface area contributed by atoms with Gasteiger partial charge in [0, 0.05) is 5.56 Å². The van der Waals surface area contributed by atoms with Crippen LogP contribution in [0, 0.1) is 0 Å². The molecule has 0 bridgehead atoms. The third kappa shape index (κ3) is 3.92. The number of para-hydroxylation sites is 1. The van der Waals surface area contributed by atoms with Crippen LogP contribution < -0.4 is 4.74 Å². The molecule has 0 spiro atoms. The molecule has 0 N–H and O–H groups in total. The van der Waals surface area contributed by atoms with E-state index in [1.54, 1.807) is 24.3 Å². The zero-order valence-electron chi connectivity index (χ0n) is 12.1. The van der Waals surface area contributed by atoms with Crippen molar-refractivity contribution in [3.63, 3.8) is 0 Å². The average Bonchev–Trinajstić information content (AvgIpc) is 3.01. The summed E-state index contributed by atoms with van der Waals surface area (Å²) in [5.74, 6) is 0.0382. The molecule has 0 atom stereocenters. The number of esters is 1. The van der Waals surface area contributed by atoms with Crippen molar-refractivity contribution in [2.45, 2.75) is 6.61 Å². The van der Waals surface area contributed by atoms with Gasteiger partial charge in [-0.2, -0.15) is 0 Å². The molecule has 0 saturated carbocycles. The van der Waals surface area contributed by atoms with Gasteiger partial charge in [0.1, 0.15) is 23.7 Å². The molecule has 23 heavy (non-hydrogen) atoms. The van der Waals surface area contributed by atoms with Crippen LogP contribution in [0.2, 0.25) is 0 Å². The maximum Gasteiger partial charge on any atom is 0.344 e. The summed E-state index contributed by atoms with van der Waals surface area (Å²) in [6, 6.07) is 14.3. The number of aromatic nitrogens is 1. The lowest BCUT2D eigenvalue weighted by Gasteiger charge is -2.06. The van der Waals surface area contributed by atoms with Gasteiger partial charge in [-0.15, -0.1) is 11.3 Å². The summed E-state index contributed by atoms with van der Waals surface area (Å²) in [5.41, 5.74) is 1.45. The third-order valence-corrected chi connectivity index (χ3v) is 4.08. The molecule has 2 aromatic carbocycles. The van der Waals surface area contributed by atoms with Crippen molar-refractivity contribution < 1.29 is 19.1 Å². The van der Waals surface area contributed by atoms with Gasteiger partial charge in [-0.1, -0.05) is 12.1 Å². The van der Waals surface area contributed by atoms with Crippen LogP contribution in [0.3, 0.4) is 0 Å². The molecule has 0 amide bonds. The van der Waals surface area contributed by atoms with Crippen LogP contribution in [0.15, 0.2) is 48.5 Å². The quantitative estimate of drug-likeness (QED) is 0.514. The van der Waals surface area contributed by atoms with Gasteiger partial charge < -0.3 is 9.47 Å². The minimum atomic E-state index is -0.469. The normalized spacial score (nSPS) is 10.4. The Morgan fingerprint density at radius 3 is 2.65 bits per heavy atom. The van der Waals surface area contributed by atoms with Gasteiger partial charge in [0.15, 0.2) is 6.61 Å². The van der Waals surface area contributed by atoms with E-state index in [4.69, 9.17) is 9.47 Å². The smallest absolute Gasteiger partial charge is 0.344 e. The van der Waals surface area contributed by atoms with Crippen LogP contribution in [0.1, 0.15) is 15.4 Å². The van der Waals surface area contributed by atoms with Crippen LogP contribution in [0.25, 0.3) is 10.2 Å². The molecular formula is C17H13NO4S. The monoisotopic (exact) mass is 327 g/mol. The molecule has 0 fully saturated rings. The molecule has 3 aromatic rings. The first-order chi connectivity index (χ1) is 11.2. The van der Waals surface area contributed by atoms with Gasteiger partial charge in [-0.05, 0) is 36.4 Å². The van der Waals surface area contributed by atoms with E-state index in [2.05, 4.69) is 4.98 Å². The SMILES string of the molecule is O=Cc1ccc(OCC(=O)OCc2nc3ccccc3s2)cc1. The van der Waals surface area contributed by atoms with E-state index < -0.39 is 5.97 Å². The number of ether oxygens (including phenoxy) is 2. The number of thiazole rings is 1. The van der Waals surface area contributed by atoms with Gasteiger partial charge in [0.05, 0.1) is 10.2 Å². The molecule has 3 rings (SSSR count). The largest absolute Gasteiger partial charge is 0.482 e. The van der Waals surface area contributed by atoms with Crippen molar-refractivity contribution in [2.24, 2.45) is 0 Å². The minimum Gasteiger partial charge on any atom is -0.482 e. The van der Waals surface area contributed by atoms with Crippen LogP contribution in [0.5, 0.6) is 5.75 Å². The Hall–Kier alpha value is -2.73. The molecule has 0 aliphatic heterocycles. The second-order valence-corrected chi connectivity index (χ2v) is 5.83. The highest BCUT2D eigenvalue weighted by molar-refractivity contribution is 7.18. The van der Waals surface area contributed by atoms with Crippen LogP contribution in [-0.4, -0.2) is 23.8 Å². The molecule has 6 heteroatoms. The number of carbonyl (C=O) groups excluding carboxylic acids is 2. The molecule has 0 radical (unpaired) electrons. The van der Waals surface area contributed by atoms with E-state index in [-0.39, 0.29) is 13.2 Å². The summed E-state index contributed by atoms with van der Waals surface area (Å²) in [7, 11) is 0. The summed E-state index contributed by atoms with van der Waals surface area (Å²) < 4.78 is 11.5. The Bertz CT molecular complexity index is 793. The Balaban J connectivity index is 1.49. The summed E-state index contributed by atoms with van der Waals surface area (Å²) in [4.78, 5) is 26.6. The molecule has 0 aliphatic carbocycles. The molecule has 5 nitrogen and oxygen atoms in total. The number of hydrogen-bond acceptors (Lipinski definition) is 6. The lowest BCUT2D eigenvalue weighted by Crippen LogP contribution is -2.14. The molecule has 0 unspecified atom stereocenters. The fourth-order valence-corrected chi connectivity index (χ4v) is 2.83. The van der Waals surface area contributed by atoms with E-state index in [1.165, 1.54) is 11.3 Å². The van der Waals surface area contributed by atoms with E-state index in [0.717, 1.165) is 21.5 Å². The highest BCUT2D eigenvalue weighted by atomic mass is 32.1. The van der Waals surface area contributed by atoms with Crippen LogP contribution in [-0.2, 0) is 16.1 Å². The molecule has 1 heterocycles.